The Labute approximate surface area is 106 Å². The molecule has 0 aromatic carbocycles. The number of aliphatic carboxylic acids is 1. The van der Waals surface area contributed by atoms with E-state index in [2.05, 4.69) is 0 Å². The van der Waals surface area contributed by atoms with Crippen LogP contribution in [0, 0.1) is 23.2 Å². The highest BCUT2D eigenvalue weighted by molar-refractivity contribution is 6.01. The van der Waals surface area contributed by atoms with Gasteiger partial charge >= 0.3 is 5.97 Å². The van der Waals surface area contributed by atoms with Gasteiger partial charge in [0.25, 0.3) is 0 Å². The summed E-state index contributed by atoms with van der Waals surface area (Å²) in [5, 5.41) is 19.6. The van der Waals surface area contributed by atoms with E-state index in [9.17, 15) is 14.7 Å². The molecule has 4 saturated carbocycles. The van der Waals surface area contributed by atoms with Gasteiger partial charge in [0.15, 0.2) is 5.78 Å². The quantitative estimate of drug-likeness (QED) is 0.748. The zero-order valence-corrected chi connectivity index (χ0v) is 10.7. The summed E-state index contributed by atoms with van der Waals surface area (Å²) in [6, 6.07) is 0. The van der Waals surface area contributed by atoms with E-state index in [4.69, 9.17) is 5.11 Å². The summed E-state index contributed by atoms with van der Waals surface area (Å²) in [4.78, 5) is 23.5. The van der Waals surface area contributed by atoms with Crippen LogP contribution < -0.4 is 0 Å². The van der Waals surface area contributed by atoms with Gasteiger partial charge in [0.2, 0.25) is 0 Å². The third kappa shape index (κ3) is 1.62. The standard InChI is InChI=1S/C14H20O4/c1-8(12(16)17)11(15)13-3-9-2-10(4-13)6-14(18,5-9)7-13/h8-10,18H,2-7H2,1H3,(H,16,17). The number of carboxylic acids is 1. The van der Waals surface area contributed by atoms with Crippen LogP contribution in [-0.2, 0) is 9.59 Å². The molecule has 4 aliphatic rings. The molecule has 0 radical (unpaired) electrons. The number of aliphatic hydroxyl groups is 1. The first-order valence-electron chi connectivity index (χ1n) is 6.83. The molecule has 0 saturated heterocycles. The monoisotopic (exact) mass is 252 g/mol. The van der Waals surface area contributed by atoms with E-state index in [0.717, 1.165) is 32.1 Å². The Morgan fingerprint density at radius 3 is 2.17 bits per heavy atom. The molecule has 0 amide bonds. The van der Waals surface area contributed by atoms with E-state index in [1.165, 1.54) is 6.92 Å². The molecular formula is C14H20O4. The largest absolute Gasteiger partial charge is 0.481 e. The van der Waals surface area contributed by atoms with Gasteiger partial charge < -0.3 is 10.2 Å². The predicted molar refractivity (Wildman–Crippen MR) is 63.9 cm³/mol. The number of Topliss-reactive ketones (excluding diaryl/α,β-unsaturated/α-hetero) is 1. The minimum Gasteiger partial charge on any atom is -0.481 e. The maximum atomic E-state index is 12.5. The van der Waals surface area contributed by atoms with Gasteiger partial charge in [-0.15, -0.1) is 0 Å². The van der Waals surface area contributed by atoms with Gasteiger partial charge in [0, 0.05) is 5.41 Å². The molecule has 2 N–H and O–H groups in total. The molecule has 100 valence electrons. The molecule has 4 fully saturated rings. The first-order valence-corrected chi connectivity index (χ1v) is 6.83. The average Bonchev–Trinajstić information content (AvgIpc) is 2.23. The van der Waals surface area contributed by atoms with Crippen LogP contribution in [0.1, 0.15) is 45.4 Å². The second kappa shape index (κ2) is 3.56. The Morgan fingerprint density at radius 2 is 1.72 bits per heavy atom. The summed E-state index contributed by atoms with van der Waals surface area (Å²) in [6.07, 6.45) is 4.80. The Balaban J connectivity index is 1.91. The van der Waals surface area contributed by atoms with Crippen molar-refractivity contribution in [3.63, 3.8) is 0 Å². The first kappa shape index (κ1) is 12.2. The Morgan fingerprint density at radius 1 is 1.17 bits per heavy atom. The number of hydrogen-bond acceptors (Lipinski definition) is 3. The van der Waals surface area contributed by atoms with Crippen LogP contribution >= 0.6 is 0 Å². The van der Waals surface area contributed by atoms with Crippen molar-refractivity contribution < 1.29 is 19.8 Å². The fourth-order valence-electron chi connectivity index (χ4n) is 5.07. The lowest BCUT2D eigenvalue weighted by Crippen LogP contribution is -2.59. The van der Waals surface area contributed by atoms with Gasteiger partial charge in [-0.3, -0.25) is 9.59 Å². The van der Waals surface area contributed by atoms with E-state index in [1.807, 2.05) is 0 Å². The topological polar surface area (TPSA) is 74.6 Å². The summed E-state index contributed by atoms with van der Waals surface area (Å²) < 4.78 is 0. The molecule has 0 heterocycles. The van der Waals surface area contributed by atoms with Gasteiger partial charge in [-0.1, -0.05) is 0 Å². The van der Waals surface area contributed by atoms with Crippen LogP contribution in [-0.4, -0.2) is 27.6 Å². The summed E-state index contributed by atoms with van der Waals surface area (Å²) in [6.45, 7) is 1.48. The van der Waals surface area contributed by atoms with Crippen molar-refractivity contribution in [1.29, 1.82) is 0 Å². The lowest BCUT2D eigenvalue weighted by atomic mass is 9.46. The Kier molecular flexibility index (Phi) is 2.40. The number of rotatable bonds is 3. The number of carboxylic acid groups (broad SMARTS) is 1. The molecular weight excluding hydrogens is 232 g/mol. The number of hydrogen-bond donors (Lipinski definition) is 2. The van der Waals surface area contributed by atoms with Crippen LogP contribution in [0.2, 0.25) is 0 Å². The summed E-state index contributed by atoms with van der Waals surface area (Å²) in [7, 11) is 0. The van der Waals surface area contributed by atoms with Crippen molar-refractivity contribution in [2.75, 3.05) is 0 Å². The van der Waals surface area contributed by atoms with Crippen molar-refractivity contribution in [3.05, 3.63) is 0 Å². The second-order valence-electron chi connectivity index (χ2n) is 6.89. The van der Waals surface area contributed by atoms with Crippen LogP contribution in [0.3, 0.4) is 0 Å². The minimum atomic E-state index is -1.04. The lowest BCUT2D eigenvalue weighted by Gasteiger charge is -2.59. The predicted octanol–water partition coefficient (Wildman–Crippen LogP) is 1.61. The third-order valence-corrected chi connectivity index (χ3v) is 5.32. The molecule has 4 rings (SSSR count). The molecule has 4 nitrogen and oxygen atoms in total. The number of carbonyl (C=O) groups excluding carboxylic acids is 1. The molecule has 3 atom stereocenters. The molecule has 0 spiro atoms. The molecule has 3 unspecified atom stereocenters. The molecule has 4 aliphatic carbocycles. The molecule has 4 bridgehead atoms. The van der Waals surface area contributed by atoms with E-state index in [0.29, 0.717) is 18.3 Å². The van der Waals surface area contributed by atoms with E-state index >= 15 is 0 Å². The van der Waals surface area contributed by atoms with Crippen molar-refractivity contribution in [2.24, 2.45) is 23.2 Å². The fourth-order valence-corrected chi connectivity index (χ4v) is 5.07. The average molecular weight is 252 g/mol. The Hall–Kier alpha value is -0.900. The molecule has 4 heteroatoms. The minimum absolute atomic E-state index is 0.150. The third-order valence-electron chi connectivity index (χ3n) is 5.32. The second-order valence-corrected chi connectivity index (χ2v) is 6.89. The molecule has 0 aromatic rings. The zero-order chi connectivity index (χ0) is 13.1. The molecule has 18 heavy (non-hydrogen) atoms. The van der Waals surface area contributed by atoms with Crippen molar-refractivity contribution in [2.45, 2.75) is 51.0 Å². The van der Waals surface area contributed by atoms with E-state index in [1.54, 1.807) is 0 Å². The summed E-state index contributed by atoms with van der Waals surface area (Å²) in [5.41, 5.74) is -1.24. The van der Waals surface area contributed by atoms with Gasteiger partial charge in [-0.2, -0.15) is 0 Å². The van der Waals surface area contributed by atoms with Crippen LogP contribution in [0.15, 0.2) is 0 Å². The van der Waals surface area contributed by atoms with Crippen LogP contribution in [0.25, 0.3) is 0 Å². The van der Waals surface area contributed by atoms with Gasteiger partial charge in [-0.05, 0) is 57.3 Å². The number of ketones is 1. The SMILES string of the molecule is CC(C(=O)O)C(=O)C12CC3CC(CC(O)(C3)C1)C2. The highest BCUT2D eigenvalue weighted by Crippen LogP contribution is 2.62. The maximum absolute atomic E-state index is 12.5. The van der Waals surface area contributed by atoms with Crippen LogP contribution in [0.5, 0.6) is 0 Å². The fraction of sp³-hybridized carbons (Fsp3) is 0.857. The maximum Gasteiger partial charge on any atom is 0.313 e. The summed E-state index contributed by atoms with van der Waals surface area (Å²) >= 11 is 0. The van der Waals surface area contributed by atoms with E-state index in [-0.39, 0.29) is 5.78 Å². The van der Waals surface area contributed by atoms with Gasteiger partial charge in [0.1, 0.15) is 5.92 Å². The zero-order valence-electron chi connectivity index (χ0n) is 10.7. The Bertz CT molecular complexity index is 400. The first-order chi connectivity index (χ1) is 8.34. The normalized spacial score (nSPS) is 47.0. The molecule has 0 aromatic heterocycles. The lowest BCUT2D eigenvalue weighted by molar-refractivity contribution is -0.181. The van der Waals surface area contributed by atoms with Crippen molar-refractivity contribution in [3.8, 4) is 0 Å². The van der Waals surface area contributed by atoms with Gasteiger partial charge in [-0.25, -0.2) is 0 Å². The highest BCUT2D eigenvalue weighted by atomic mass is 16.4. The van der Waals surface area contributed by atoms with Crippen molar-refractivity contribution >= 4 is 11.8 Å². The van der Waals surface area contributed by atoms with Gasteiger partial charge in [0.05, 0.1) is 5.60 Å². The smallest absolute Gasteiger partial charge is 0.313 e. The number of carbonyl (C=O) groups is 2. The summed E-state index contributed by atoms with van der Waals surface area (Å²) in [5.74, 6) is -1.29. The van der Waals surface area contributed by atoms with E-state index < -0.39 is 22.9 Å². The molecule has 0 aliphatic heterocycles. The highest BCUT2D eigenvalue weighted by Gasteiger charge is 2.60. The van der Waals surface area contributed by atoms with Crippen molar-refractivity contribution in [1.82, 2.24) is 0 Å². The van der Waals surface area contributed by atoms with Crippen LogP contribution in [0.4, 0.5) is 0 Å².